The summed E-state index contributed by atoms with van der Waals surface area (Å²) >= 11 is 0. The van der Waals surface area contributed by atoms with Crippen molar-refractivity contribution in [3.05, 3.63) is 23.0 Å². The third-order valence-electron chi connectivity index (χ3n) is 6.75. The van der Waals surface area contributed by atoms with Crippen molar-refractivity contribution in [2.45, 2.75) is 69.2 Å². The van der Waals surface area contributed by atoms with Crippen molar-refractivity contribution >= 4 is 16.9 Å². The Morgan fingerprint density at radius 3 is 2.54 bits per heavy atom. The van der Waals surface area contributed by atoms with E-state index in [1.807, 2.05) is 0 Å². The van der Waals surface area contributed by atoms with Crippen LogP contribution in [0, 0.1) is 0 Å². The summed E-state index contributed by atoms with van der Waals surface area (Å²) in [4.78, 5) is 12.2. The molecule has 0 unspecified atom stereocenters. The molecule has 1 fully saturated rings. The molecule has 1 aliphatic heterocycles. The van der Waals surface area contributed by atoms with Gasteiger partial charge in [-0.05, 0) is 31.7 Å². The van der Waals surface area contributed by atoms with E-state index in [0.29, 0.717) is 24.0 Å². The van der Waals surface area contributed by atoms with Crippen molar-refractivity contribution in [1.29, 1.82) is 0 Å². The van der Waals surface area contributed by atoms with Gasteiger partial charge in [-0.15, -0.1) is 0 Å². The minimum absolute atomic E-state index is 0.0440. The van der Waals surface area contributed by atoms with Gasteiger partial charge in [0.25, 0.3) is 0 Å². The molecule has 0 spiro atoms. The van der Waals surface area contributed by atoms with Gasteiger partial charge in [-0.3, -0.25) is 4.79 Å². The van der Waals surface area contributed by atoms with Gasteiger partial charge in [-0.1, -0.05) is 0 Å². The number of hydrogen-bond acceptors (Lipinski definition) is 11. The summed E-state index contributed by atoms with van der Waals surface area (Å²) in [5.74, 6) is -0.144. The van der Waals surface area contributed by atoms with E-state index in [-0.39, 0.29) is 43.5 Å². The van der Waals surface area contributed by atoms with Gasteiger partial charge < -0.3 is 48.9 Å². The monoisotopic (exact) mass is 496 g/mol. The number of furan rings is 1. The summed E-state index contributed by atoms with van der Waals surface area (Å²) < 4.78 is 28.2. The molecule has 0 saturated carbocycles. The van der Waals surface area contributed by atoms with Gasteiger partial charge >= 0.3 is 5.97 Å². The van der Waals surface area contributed by atoms with Gasteiger partial charge in [0, 0.05) is 28.9 Å². The molecule has 2 aliphatic rings. The molecule has 35 heavy (non-hydrogen) atoms. The zero-order valence-corrected chi connectivity index (χ0v) is 19.7. The number of aryl methyl sites for hydroxylation is 1. The Kier molecular flexibility index (Phi) is 7.84. The molecule has 194 valence electrons. The van der Waals surface area contributed by atoms with E-state index in [4.69, 9.17) is 23.4 Å². The van der Waals surface area contributed by atoms with Crippen LogP contribution in [0.2, 0.25) is 0 Å². The predicted molar refractivity (Wildman–Crippen MR) is 120 cm³/mol. The molecule has 1 aromatic heterocycles. The maximum atomic E-state index is 12.2. The molecule has 1 aromatic carbocycles. The molecule has 11 nitrogen and oxygen atoms in total. The number of aliphatic hydroxyl groups excluding tert-OH is 5. The van der Waals surface area contributed by atoms with E-state index in [1.54, 1.807) is 13.2 Å². The topological polar surface area (TPSA) is 168 Å². The highest BCUT2D eigenvalue weighted by Gasteiger charge is 2.45. The fourth-order valence-corrected chi connectivity index (χ4v) is 4.93. The average molecular weight is 497 g/mol. The van der Waals surface area contributed by atoms with Crippen LogP contribution in [0.5, 0.6) is 11.5 Å². The van der Waals surface area contributed by atoms with E-state index < -0.39 is 43.3 Å². The van der Waals surface area contributed by atoms with Crippen LogP contribution in [0.4, 0.5) is 0 Å². The van der Waals surface area contributed by atoms with Crippen molar-refractivity contribution in [1.82, 2.24) is 0 Å². The Hall–Kier alpha value is -2.41. The van der Waals surface area contributed by atoms with Crippen LogP contribution in [-0.2, 0) is 27.1 Å². The molecule has 4 rings (SSSR count). The van der Waals surface area contributed by atoms with Gasteiger partial charge in [0.15, 0.2) is 11.3 Å². The molecular weight excluding hydrogens is 464 g/mol. The summed E-state index contributed by atoms with van der Waals surface area (Å²) in [6, 6.07) is 0. The lowest BCUT2D eigenvalue weighted by Crippen LogP contribution is -2.60. The summed E-state index contributed by atoms with van der Waals surface area (Å²) in [5.41, 5.74) is 2.70. The highest BCUT2D eigenvalue weighted by molar-refractivity contribution is 5.94. The van der Waals surface area contributed by atoms with Crippen LogP contribution < -0.4 is 9.47 Å². The van der Waals surface area contributed by atoms with Crippen molar-refractivity contribution in [3.63, 3.8) is 0 Å². The third kappa shape index (κ3) is 4.59. The fourth-order valence-electron chi connectivity index (χ4n) is 4.93. The Labute approximate surface area is 201 Å². The van der Waals surface area contributed by atoms with Gasteiger partial charge in [-0.25, -0.2) is 0 Å². The Balaban J connectivity index is 1.82. The lowest BCUT2D eigenvalue weighted by molar-refractivity contribution is -0.277. The molecule has 1 aliphatic carbocycles. The molecule has 5 N–H and O–H groups in total. The standard InChI is InChI=1S/C24H32O11/c1-3-32-16(27)7-6-13-12-5-4-11(8-25)14-10-33-22(17(12)14)23(31-2)21(13)35-24-20(30)19(29)18(28)15(9-26)34-24/h10-11,15,18-20,24-26,28-30H,3-9H2,1-2H3/t11-,15+,18+,19-,20+,24+/m0/s1. The zero-order valence-electron chi connectivity index (χ0n) is 19.7. The van der Waals surface area contributed by atoms with Crippen molar-refractivity contribution in [2.24, 2.45) is 0 Å². The first-order chi connectivity index (χ1) is 16.9. The minimum Gasteiger partial charge on any atom is -0.490 e. The molecular formula is C24H32O11. The number of benzene rings is 1. The Morgan fingerprint density at radius 2 is 1.89 bits per heavy atom. The van der Waals surface area contributed by atoms with Crippen LogP contribution in [0.3, 0.4) is 0 Å². The molecule has 0 amide bonds. The number of aliphatic hydroxyl groups is 5. The van der Waals surface area contributed by atoms with Crippen LogP contribution in [0.1, 0.15) is 42.4 Å². The number of methoxy groups -OCH3 is 1. The zero-order chi connectivity index (χ0) is 25.3. The number of rotatable bonds is 9. The maximum Gasteiger partial charge on any atom is 0.306 e. The maximum absolute atomic E-state index is 12.2. The third-order valence-corrected chi connectivity index (χ3v) is 6.75. The SMILES string of the molecule is CCOC(=O)CCc1c(O[C@H]2O[C@H](CO)[C@@H](O)[C@H](O)[C@H]2O)c(OC)c2occ3c2c1CC[C@H]3CO. The molecule has 0 radical (unpaired) electrons. The molecule has 6 atom stereocenters. The highest BCUT2D eigenvalue weighted by Crippen LogP contribution is 2.49. The number of carbonyl (C=O) groups excluding carboxylic acids is 1. The largest absolute Gasteiger partial charge is 0.490 e. The van der Waals surface area contributed by atoms with Gasteiger partial charge in [0.05, 0.1) is 33.2 Å². The smallest absolute Gasteiger partial charge is 0.306 e. The van der Waals surface area contributed by atoms with E-state index >= 15 is 0 Å². The fraction of sp³-hybridized carbons (Fsp3) is 0.625. The lowest BCUT2D eigenvalue weighted by atomic mass is 9.81. The van der Waals surface area contributed by atoms with Crippen molar-refractivity contribution < 1.29 is 53.7 Å². The number of esters is 1. The second kappa shape index (κ2) is 10.7. The van der Waals surface area contributed by atoms with Crippen LogP contribution >= 0.6 is 0 Å². The average Bonchev–Trinajstić information content (AvgIpc) is 3.30. The summed E-state index contributed by atoms with van der Waals surface area (Å²) in [6.07, 6.45) is -4.33. The first-order valence-corrected chi connectivity index (χ1v) is 11.7. The number of ether oxygens (including phenoxy) is 4. The number of carbonyl (C=O) groups is 1. The normalized spacial score (nSPS) is 28.2. The minimum atomic E-state index is -1.63. The van der Waals surface area contributed by atoms with Gasteiger partial charge in [-0.2, -0.15) is 0 Å². The van der Waals surface area contributed by atoms with Gasteiger partial charge in [0.2, 0.25) is 12.0 Å². The second-order valence-electron chi connectivity index (χ2n) is 8.75. The predicted octanol–water partition coefficient (Wildman–Crippen LogP) is 0.138. The number of hydrogen-bond donors (Lipinski definition) is 5. The highest BCUT2D eigenvalue weighted by atomic mass is 16.7. The van der Waals surface area contributed by atoms with E-state index in [1.165, 1.54) is 7.11 Å². The molecule has 1 saturated heterocycles. The quantitative estimate of drug-likeness (QED) is 0.299. The van der Waals surface area contributed by atoms with Crippen LogP contribution in [0.15, 0.2) is 10.7 Å². The summed E-state index contributed by atoms with van der Waals surface area (Å²) in [6.45, 7) is 1.31. The lowest BCUT2D eigenvalue weighted by Gasteiger charge is -2.40. The van der Waals surface area contributed by atoms with Crippen molar-refractivity contribution in [3.8, 4) is 11.5 Å². The summed E-state index contributed by atoms with van der Waals surface area (Å²) in [5, 5.41) is 51.0. The van der Waals surface area contributed by atoms with Crippen molar-refractivity contribution in [2.75, 3.05) is 26.9 Å². The van der Waals surface area contributed by atoms with Crippen LogP contribution in [0.25, 0.3) is 11.0 Å². The van der Waals surface area contributed by atoms with E-state index in [9.17, 15) is 30.3 Å². The van der Waals surface area contributed by atoms with E-state index in [0.717, 1.165) is 16.5 Å². The molecule has 0 bridgehead atoms. The summed E-state index contributed by atoms with van der Waals surface area (Å²) in [7, 11) is 1.42. The van der Waals surface area contributed by atoms with E-state index in [2.05, 4.69) is 0 Å². The first kappa shape index (κ1) is 25.7. The van der Waals surface area contributed by atoms with Gasteiger partial charge in [0.1, 0.15) is 24.4 Å². The Morgan fingerprint density at radius 1 is 1.11 bits per heavy atom. The molecule has 2 aromatic rings. The molecule has 11 heteroatoms. The first-order valence-electron chi connectivity index (χ1n) is 11.7. The molecule has 2 heterocycles. The second-order valence-corrected chi connectivity index (χ2v) is 8.75. The Bertz CT molecular complexity index is 1050. The van der Waals surface area contributed by atoms with Crippen LogP contribution in [-0.4, -0.2) is 89.1 Å².